The van der Waals surface area contributed by atoms with E-state index in [1.165, 1.54) is 12.1 Å². The molecule has 5 nitrogen and oxygen atoms in total. The van der Waals surface area contributed by atoms with Crippen LogP contribution in [0.4, 0.5) is 13.2 Å². The first kappa shape index (κ1) is 22.3. The van der Waals surface area contributed by atoms with E-state index >= 15 is 0 Å². The van der Waals surface area contributed by atoms with Crippen LogP contribution in [-0.2, 0) is 11.0 Å². The number of carboxylic acid groups (broad SMARTS) is 1. The van der Waals surface area contributed by atoms with Gasteiger partial charge < -0.3 is 9.67 Å². The van der Waals surface area contributed by atoms with Crippen molar-refractivity contribution in [2.75, 3.05) is 0 Å². The third-order valence-corrected chi connectivity index (χ3v) is 6.01. The van der Waals surface area contributed by atoms with Gasteiger partial charge in [0.25, 0.3) is 5.91 Å². The molecule has 0 saturated carbocycles. The summed E-state index contributed by atoms with van der Waals surface area (Å²) in [5.41, 5.74) is -0.941. The molecule has 1 amide bonds. The molecule has 1 heterocycles. The van der Waals surface area contributed by atoms with Crippen LogP contribution in [0.3, 0.4) is 0 Å². The Kier molecular flexibility index (Phi) is 6.26. The van der Waals surface area contributed by atoms with Crippen molar-refractivity contribution >= 4 is 56.6 Å². The average Bonchev–Trinajstić information content (AvgIpc) is 3.00. The van der Waals surface area contributed by atoms with E-state index in [1.54, 1.807) is 19.1 Å². The number of hydrogen-bond acceptors (Lipinski definition) is 3. The fourth-order valence-electron chi connectivity index (χ4n) is 2.88. The molecular weight excluding hydrogens is 464 g/mol. The summed E-state index contributed by atoms with van der Waals surface area (Å²) in [6, 6.07) is 6.29. The van der Waals surface area contributed by atoms with E-state index in [1.807, 2.05) is 0 Å². The fraction of sp³-hybridized carbons (Fsp3) is 0.211. The molecule has 158 valence electrons. The van der Waals surface area contributed by atoms with Gasteiger partial charge >= 0.3 is 12.1 Å². The molecule has 0 aliphatic heterocycles. The first-order valence-electron chi connectivity index (χ1n) is 8.52. The molecule has 3 aromatic rings. The van der Waals surface area contributed by atoms with Crippen molar-refractivity contribution in [2.45, 2.75) is 25.6 Å². The average molecular weight is 477 g/mol. The van der Waals surface area contributed by atoms with Crippen LogP contribution in [0.1, 0.15) is 35.3 Å². The van der Waals surface area contributed by atoms with Crippen LogP contribution in [-0.4, -0.2) is 21.6 Å². The smallest absolute Gasteiger partial charge is 0.416 e. The third kappa shape index (κ3) is 4.38. The van der Waals surface area contributed by atoms with Crippen LogP contribution in [0.5, 0.6) is 0 Å². The van der Waals surface area contributed by atoms with E-state index in [2.05, 4.69) is 4.99 Å². The molecule has 0 saturated heterocycles. The molecule has 2 aromatic carbocycles. The summed E-state index contributed by atoms with van der Waals surface area (Å²) >= 11 is 12.8. The quantitative estimate of drug-likeness (QED) is 0.516. The molecule has 1 atom stereocenters. The van der Waals surface area contributed by atoms with Gasteiger partial charge in [-0.25, -0.2) is 4.79 Å². The number of benzene rings is 2. The van der Waals surface area contributed by atoms with Crippen molar-refractivity contribution in [2.24, 2.45) is 4.99 Å². The molecule has 0 spiro atoms. The zero-order valence-electron chi connectivity index (χ0n) is 15.2. The number of thiazole rings is 1. The Morgan fingerprint density at radius 1 is 1.23 bits per heavy atom. The Morgan fingerprint density at radius 3 is 2.50 bits per heavy atom. The fourth-order valence-corrected chi connectivity index (χ4v) is 4.46. The van der Waals surface area contributed by atoms with Gasteiger partial charge in [-0.3, -0.25) is 4.79 Å². The molecule has 0 fully saturated rings. The molecular formula is C19H13Cl2F3N2O3S. The minimum atomic E-state index is -4.68. The van der Waals surface area contributed by atoms with Crippen LogP contribution in [0.15, 0.2) is 41.4 Å². The van der Waals surface area contributed by atoms with Crippen molar-refractivity contribution < 1.29 is 27.9 Å². The molecule has 1 unspecified atom stereocenters. The van der Waals surface area contributed by atoms with Crippen LogP contribution in [0, 0.1) is 0 Å². The van der Waals surface area contributed by atoms with Gasteiger partial charge in [-0.2, -0.15) is 18.2 Å². The Bertz CT molecular complexity index is 1220. The summed E-state index contributed by atoms with van der Waals surface area (Å²) in [5, 5.41) is 9.69. The predicted octanol–water partition coefficient (Wildman–Crippen LogP) is 5.81. The van der Waals surface area contributed by atoms with Crippen molar-refractivity contribution in [3.63, 3.8) is 0 Å². The molecule has 0 bridgehead atoms. The van der Waals surface area contributed by atoms with Crippen LogP contribution in [0.2, 0.25) is 10.0 Å². The van der Waals surface area contributed by atoms with Gasteiger partial charge in [0.05, 0.1) is 20.8 Å². The minimum Gasteiger partial charge on any atom is -0.480 e. The summed E-state index contributed by atoms with van der Waals surface area (Å²) in [6.45, 7) is 1.56. The summed E-state index contributed by atoms with van der Waals surface area (Å²) in [7, 11) is 0. The highest BCUT2D eigenvalue weighted by Gasteiger charge is 2.33. The van der Waals surface area contributed by atoms with E-state index < -0.39 is 29.7 Å². The Labute approximate surface area is 182 Å². The highest BCUT2D eigenvalue weighted by molar-refractivity contribution is 7.17. The van der Waals surface area contributed by atoms with E-state index in [-0.39, 0.29) is 32.0 Å². The van der Waals surface area contributed by atoms with Crippen molar-refractivity contribution in [1.29, 1.82) is 0 Å². The molecule has 3 rings (SSSR count). The lowest BCUT2D eigenvalue weighted by atomic mass is 10.1. The number of rotatable bonds is 4. The summed E-state index contributed by atoms with van der Waals surface area (Å²) < 4.78 is 41.1. The van der Waals surface area contributed by atoms with Gasteiger partial charge in [0.15, 0.2) is 4.80 Å². The molecule has 1 aromatic heterocycles. The van der Waals surface area contributed by atoms with Crippen molar-refractivity contribution in [3.8, 4) is 0 Å². The number of alkyl halides is 3. The molecule has 1 N–H and O–H groups in total. The van der Waals surface area contributed by atoms with Gasteiger partial charge in [-0.05, 0) is 36.8 Å². The SMILES string of the molecule is CCC(C(=O)O)n1/c(=N/C(=O)c2cccc(Cl)c2)sc2c(Cl)cc(C(F)(F)F)cc21. The van der Waals surface area contributed by atoms with Gasteiger partial charge in [-0.1, -0.05) is 47.5 Å². The highest BCUT2D eigenvalue weighted by Crippen LogP contribution is 2.37. The number of amides is 1. The molecule has 30 heavy (non-hydrogen) atoms. The van der Waals surface area contributed by atoms with Gasteiger partial charge in [0.1, 0.15) is 6.04 Å². The van der Waals surface area contributed by atoms with Gasteiger partial charge in [0, 0.05) is 10.6 Å². The number of carbonyl (C=O) groups is 2. The standard InChI is InChI=1S/C19H13Cl2F3N2O3S/c1-2-13(17(28)29)26-14-8-10(19(22,23)24)7-12(21)15(14)30-18(26)25-16(27)9-4-3-5-11(20)6-9/h3-8,13H,2H2,1H3,(H,28,29)/b25-18-. The number of fused-ring (bicyclic) bond motifs is 1. The number of aliphatic carboxylic acids is 1. The Balaban J connectivity index is 2.34. The summed E-state index contributed by atoms with van der Waals surface area (Å²) in [4.78, 5) is 28.3. The maximum Gasteiger partial charge on any atom is 0.416 e. The second kappa shape index (κ2) is 8.41. The van der Waals surface area contributed by atoms with E-state index in [0.717, 1.165) is 28.0 Å². The lowest BCUT2D eigenvalue weighted by Gasteiger charge is -2.15. The van der Waals surface area contributed by atoms with Crippen molar-refractivity contribution in [1.82, 2.24) is 4.57 Å². The normalized spacial score (nSPS) is 13.6. The lowest BCUT2D eigenvalue weighted by molar-refractivity contribution is -0.141. The second-order valence-corrected chi connectivity index (χ2v) is 8.07. The molecule has 0 aliphatic rings. The van der Waals surface area contributed by atoms with Crippen molar-refractivity contribution in [3.05, 3.63) is 62.4 Å². The van der Waals surface area contributed by atoms with E-state index in [9.17, 15) is 27.9 Å². The van der Waals surface area contributed by atoms with E-state index in [4.69, 9.17) is 23.2 Å². The Hall–Kier alpha value is -2.36. The number of aromatic nitrogens is 1. The number of halogens is 5. The number of hydrogen-bond donors (Lipinski definition) is 1. The summed E-state index contributed by atoms with van der Waals surface area (Å²) in [6.07, 6.45) is -4.63. The number of nitrogens with zero attached hydrogens (tertiary/aromatic N) is 2. The topological polar surface area (TPSA) is 71.7 Å². The third-order valence-electron chi connectivity index (χ3n) is 4.26. The lowest BCUT2D eigenvalue weighted by Crippen LogP contribution is -2.27. The maximum absolute atomic E-state index is 13.3. The molecule has 0 radical (unpaired) electrons. The molecule has 11 heteroatoms. The number of carboxylic acids is 1. The van der Waals surface area contributed by atoms with Gasteiger partial charge in [-0.15, -0.1) is 0 Å². The summed E-state index contributed by atoms with van der Waals surface area (Å²) in [5.74, 6) is -1.99. The number of carbonyl (C=O) groups excluding carboxylic acids is 1. The van der Waals surface area contributed by atoms with Crippen LogP contribution < -0.4 is 4.80 Å². The first-order chi connectivity index (χ1) is 14.0. The van der Waals surface area contributed by atoms with Crippen LogP contribution >= 0.6 is 34.5 Å². The predicted molar refractivity (Wildman–Crippen MR) is 108 cm³/mol. The van der Waals surface area contributed by atoms with Gasteiger partial charge in [0.2, 0.25) is 0 Å². The monoisotopic (exact) mass is 476 g/mol. The zero-order valence-corrected chi connectivity index (χ0v) is 17.5. The van der Waals surface area contributed by atoms with E-state index in [0.29, 0.717) is 5.02 Å². The molecule has 0 aliphatic carbocycles. The van der Waals surface area contributed by atoms with Crippen LogP contribution in [0.25, 0.3) is 10.2 Å². The maximum atomic E-state index is 13.3. The minimum absolute atomic E-state index is 0.0492. The zero-order chi connectivity index (χ0) is 22.2. The second-order valence-electron chi connectivity index (χ2n) is 6.25. The first-order valence-corrected chi connectivity index (χ1v) is 10.1. The Morgan fingerprint density at radius 2 is 1.93 bits per heavy atom. The largest absolute Gasteiger partial charge is 0.480 e. The highest BCUT2D eigenvalue weighted by atomic mass is 35.5.